The second-order valence-electron chi connectivity index (χ2n) is 6.37. The lowest BCUT2D eigenvalue weighted by Gasteiger charge is -2.33. The summed E-state index contributed by atoms with van der Waals surface area (Å²) in [6.07, 6.45) is 6.15. The monoisotopic (exact) mass is 270 g/mol. The molecule has 106 valence electrons. The Morgan fingerprint density at radius 2 is 1.80 bits per heavy atom. The quantitative estimate of drug-likeness (QED) is 0.823. The number of fused-ring (bicyclic) bond motifs is 1. The van der Waals surface area contributed by atoms with Crippen LogP contribution in [0.25, 0.3) is 0 Å². The Morgan fingerprint density at radius 3 is 2.60 bits per heavy atom. The van der Waals surface area contributed by atoms with E-state index in [-0.39, 0.29) is 11.8 Å². The summed E-state index contributed by atoms with van der Waals surface area (Å²) in [4.78, 5) is 24.6. The first-order chi connectivity index (χ1) is 9.74. The highest BCUT2D eigenvalue weighted by molar-refractivity contribution is 5.88. The van der Waals surface area contributed by atoms with Gasteiger partial charge in [0.2, 0.25) is 0 Å². The van der Waals surface area contributed by atoms with Crippen molar-refractivity contribution in [1.29, 1.82) is 0 Å². The average molecular weight is 270 g/mol. The van der Waals surface area contributed by atoms with Crippen LogP contribution < -0.4 is 0 Å². The number of hydrogen-bond donors (Lipinski definition) is 0. The molecule has 0 bridgehead atoms. The molecule has 0 aliphatic heterocycles. The molecule has 0 spiro atoms. The van der Waals surface area contributed by atoms with Crippen molar-refractivity contribution < 1.29 is 9.59 Å². The van der Waals surface area contributed by atoms with Gasteiger partial charge in [0.05, 0.1) is 0 Å². The predicted octanol–water partition coefficient (Wildman–Crippen LogP) is 3.58. The Labute approximate surface area is 120 Å². The van der Waals surface area contributed by atoms with Gasteiger partial charge in [-0.2, -0.15) is 0 Å². The van der Waals surface area contributed by atoms with Gasteiger partial charge in [-0.25, -0.2) is 0 Å². The summed E-state index contributed by atoms with van der Waals surface area (Å²) >= 11 is 0. The molecule has 2 nitrogen and oxygen atoms in total. The van der Waals surface area contributed by atoms with Gasteiger partial charge in [-0.15, -0.1) is 0 Å². The zero-order chi connectivity index (χ0) is 13.9. The lowest BCUT2D eigenvalue weighted by molar-refractivity contribution is -0.132. The average Bonchev–Trinajstić information content (AvgIpc) is 2.63. The highest BCUT2D eigenvalue weighted by atomic mass is 16.1. The summed E-state index contributed by atoms with van der Waals surface area (Å²) in [6, 6.07) is 10.2. The number of carbonyl (C=O) groups is 2. The van der Waals surface area contributed by atoms with Crippen molar-refractivity contribution in [3.05, 3.63) is 35.9 Å². The van der Waals surface area contributed by atoms with E-state index < -0.39 is 0 Å². The maximum atomic E-state index is 12.4. The van der Waals surface area contributed by atoms with Gasteiger partial charge in [0.25, 0.3) is 0 Å². The van der Waals surface area contributed by atoms with Gasteiger partial charge in [-0.05, 0) is 37.2 Å². The van der Waals surface area contributed by atoms with Crippen molar-refractivity contribution in [2.45, 2.75) is 44.9 Å². The van der Waals surface area contributed by atoms with Gasteiger partial charge >= 0.3 is 0 Å². The fourth-order valence-electron chi connectivity index (χ4n) is 3.88. The van der Waals surface area contributed by atoms with E-state index in [2.05, 4.69) is 12.1 Å². The molecule has 3 atom stereocenters. The first-order valence-corrected chi connectivity index (χ1v) is 7.83. The SMILES string of the molecule is O=C1C[C@H]2CCCCC(=O)[C@@H]2C[C@@H]1Cc1ccccc1. The lowest BCUT2D eigenvalue weighted by atomic mass is 9.69. The molecular weight excluding hydrogens is 248 g/mol. The number of rotatable bonds is 2. The van der Waals surface area contributed by atoms with E-state index in [9.17, 15) is 9.59 Å². The Morgan fingerprint density at radius 1 is 1.00 bits per heavy atom. The summed E-state index contributed by atoms with van der Waals surface area (Å²) in [5.41, 5.74) is 1.21. The Bertz CT molecular complexity index is 491. The number of Topliss-reactive ketones (excluding diaryl/α,β-unsaturated/α-hetero) is 2. The Hall–Kier alpha value is -1.44. The molecule has 0 radical (unpaired) electrons. The molecule has 2 aliphatic carbocycles. The molecule has 0 aromatic heterocycles. The first kappa shape index (κ1) is 13.5. The highest BCUT2D eigenvalue weighted by Gasteiger charge is 2.39. The van der Waals surface area contributed by atoms with Gasteiger partial charge in [-0.3, -0.25) is 9.59 Å². The van der Waals surface area contributed by atoms with Crippen LogP contribution in [0.3, 0.4) is 0 Å². The summed E-state index contributed by atoms with van der Waals surface area (Å²) in [7, 11) is 0. The Kier molecular flexibility index (Phi) is 4.00. The smallest absolute Gasteiger partial charge is 0.136 e. The normalized spacial score (nSPS) is 30.7. The van der Waals surface area contributed by atoms with Gasteiger partial charge in [0, 0.05) is 24.7 Å². The van der Waals surface area contributed by atoms with E-state index >= 15 is 0 Å². The molecule has 3 rings (SSSR count). The Balaban J connectivity index is 1.73. The molecule has 2 heteroatoms. The number of ketones is 2. The van der Waals surface area contributed by atoms with Crippen molar-refractivity contribution in [2.75, 3.05) is 0 Å². The van der Waals surface area contributed by atoms with Crippen molar-refractivity contribution in [3.63, 3.8) is 0 Å². The number of carbonyl (C=O) groups excluding carboxylic acids is 2. The minimum absolute atomic E-state index is 0.0562. The van der Waals surface area contributed by atoms with Crippen molar-refractivity contribution in [3.8, 4) is 0 Å². The maximum Gasteiger partial charge on any atom is 0.136 e. The van der Waals surface area contributed by atoms with Crippen LogP contribution in [0.4, 0.5) is 0 Å². The van der Waals surface area contributed by atoms with Gasteiger partial charge < -0.3 is 0 Å². The molecule has 1 aromatic rings. The number of benzene rings is 1. The van der Waals surface area contributed by atoms with Crippen molar-refractivity contribution in [2.24, 2.45) is 17.8 Å². The summed E-state index contributed by atoms with van der Waals surface area (Å²) in [5, 5.41) is 0. The van der Waals surface area contributed by atoms with Gasteiger partial charge in [-0.1, -0.05) is 36.8 Å². The fourth-order valence-corrected chi connectivity index (χ4v) is 3.88. The van der Waals surface area contributed by atoms with E-state index in [0.29, 0.717) is 23.9 Å². The zero-order valence-electron chi connectivity index (χ0n) is 11.9. The van der Waals surface area contributed by atoms with E-state index in [1.54, 1.807) is 0 Å². The first-order valence-electron chi connectivity index (χ1n) is 7.83. The van der Waals surface area contributed by atoms with E-state index in [0.717, 1.165) is 38.5 Å². The lowest BCUT2D eigenvalue weighted by Crippen LogP contribution is -2.36. The minimum Gasteiger partial charge on any atom is -0.299 e. The van der Waals surface area contributed by atoms with Crippen molar-refractivity contribution >= 4 is 11.6 Å². The fraction of sp³-hybridized carbons (Fsp3) is 0.556. The van der Waals surface area contributed by atoms with E-state index in [4.69, 9.17) is 0 Å². The van der Waals surface area contributed by atoms with Crippen molar-refractivity contribution in [1.82, 2.24) is 0 Å². The van der Waals surface area contributed by atoms with Crippen LogP contribution in [-0.2, 0) is 16.0 Å². The summed E-state index contributed by atoms with van der Waals surface area (Å²) < 4.78 is 0. The molecule has 2 fully saturated rings. The second-order valence-corrected chi connectivity index (χ2v) is 6.37. The van der Waals surface area contributed by atoms with E-state index in [1.807, 2.05) is 18.2 Å². The third-order valence-electron chi connectivity index (χ3n) is 5.01. The minimum atomic E-state index is 0.0562. The third-order valence-corrected chi connectivity index (χ3v) is 5.01. The van der Waals surface area contributed by atoms with Crippen LogP contribution in [0.2, 0.25) is 0 Å². The van der Waals surface area contributed by atoms with Crippen LogP contribution >= 0.6 is 0 Å². The van der Waals surface area contributed by atoms with Crippen LogP contribution in [0.1, 0.15) is 44.1 Å². The predicted molar refractivity (Wildman–Crippen MR) is 78.3 cm³/mol. The summed E-state index contributed by atoms with van der Waals surface area (Å²) in [5.74, 6) is 1.34. The molecule has 0 amide bonds. The molecular formula is C18H22O2. The molecule has 20 heavy (non-hydrogen) atoms. The van der Waals surface area contributed by atoms with Crippen LogP contribution in [0, 0.1) is 17.8 Å². The molecule has 0 unspecified atom stereocenters. The third kappa shape index (κ3) is 2.84. The van der Waals surface area contributed by atoms with Gasteiger partial charge in [0.1, 0.15) is 11.6 Å². The second kappa shape index (κ2) is 5.90. The van der Waals surface area contributed by atoms with Crippen LogP contribution in [0.15, 0.2) is 30.3 Å². The molecule has 0 saturated heterocycles. The van der Waals surface area contributed by atoms with Crippen LogP contribution in [0.5, 0.6) is 0 Å². The summed E-state index contributed by atoms with van der Waals surface area (Å²) in [6.45, 7) is 0. The maximum absolute atomic E-state index is 12.4. The largest absolute Gasteiger partial charge is 0.299 e. The van der Waals surface area contributed by atoms with Crippen LogP contribution in [-0.4, -0.2) is 11.6 Å². The zero-order valence-corrected chi connectivity index (χ0v) is 11.9. The van der Waals surface area contributed by atoms with E-state index in [1.165, 1.54) is 5.56 Å². The topological polar surface area (TPSA) is 34.1 Å². The number of hydrogen-bond acceptors (Lipinski definition) is 2. The van der Waals surface area contributed by atoms with Gasteiger partial charge in [0.15, 0.2) is 0 Å². The molecule has 1 aromatic carbocycles. The molecule has 0 heterocycles. The molecule has 2 aliphatic rings. The highest BCUT2D eigenvalue weighted by Crippen LogP contribution is 2.39. The molecule has 2 saturated carbocycles. The standard InChI is InChI=1S/C18H22O2/c19-17-9-5-4-8-14-12-18(20)15(11-16(14)17)10-13-6-2-1-3-7-13/h1-3,6-7,14-16H,4-5,8-12H2/t14-,15+,16-/m1/s1. The molecule has 0 N–H and O–H groups in total.